The average Bonchev–Trinajstić information content (AvgIpc) is 3.22. The first-order valence-corrected chi connectivity index (χ1v) is 6.82. The van der Waals surface area contributed by atoms with Crippen molar-refractivity contribution in [2.75, 3.05) is 27.2 Å². The number of likely N-dealkylation sites (N-methyl/N-ethyl adjacent to an activating group) is 2. The predicted molar refractivity (Wildman–Crippen MR) is 75.1 cm³/mol. The molecule has 1 saturated carbocycles. The third-order valence-electron chi connectivity index (χ3n) is 3.59. The third kappa shape index (κ3) is 3.47. The quantitative estimate of drug-likeness (QED) is 0.802. The Kier molecular flexibility index (Phi) is 4.61. The van der Waals surface area contributed by atoms with Crippen LogP contribution in [0, 0.1) is 0 Å². The van der Waals surface area contributed by atoms with Crippen molar-refractivity contribution in [2.45, 2.75) is 31.8 Å². The number of hydrogen-bond donors (Lipinski definition) is 1. The fourth-order valence-corrected chi connectivity index (χ4v) is 2.34. The molecule has 3 heteroatoms. The Hall–Kier alpha value is -1.06. The molecule has 2 rings (SSSR count). The van der Waals surface area contributed by atoms with E-state index in [0.29, 0.717) is 6.04 Å². The fraction of sp³-hybridized carbons (Fsp3) is 0.600. The van der Waals surface area contributed by atoms with Crippen molar-refractivity contribution in [3.63, 3.8) is 0 Å². The van der Waals surface area contributed by atoms with Gasteiger partial charge in [0, 0.05) is 18.6 Å². The number of methoxy groups -OCH3 is 1. The van der Waals surface area contributed by atoms with Gasteiger partial charge in [0.25, 0.3) is 0 Å². The lowest BCUT2D eigenvalue weighted by Crippen LogP contribution is -2.34. The van der Waals surface area contributed by atoms with Gasteiger partial charge in [-0.25, -0.2) is 0 Å². The van der Waals surface area contributed by atoms with Crippen LogP contribution < -0.4 is 10.1 Å². The number of rotatable bonds is 7. The van der Waals surface area contributed by atoms with Crippen molar-refractivity contribution in [1.82, 2.24) is 10.2 Å². The number of nitrogens with one attached hydrogen (secondary N) is 1. The third-order valence-corrected chi connectivity index (χ3v) is 3.59. The molecule has 1 unspecified atom stereocenters. The lowest BCUT2D eigenvalue weighted by Gasteiger charge is -2.25. The van der Waals surface area contributed by atoms with Crippen molar-refractivity contribution in [3.8, 4) is 5.75 Å². The van der Waals surface area contributed by atoms with Crippen LogP contribution in [0.3, 0.4) is 0 Å². The standard InChI is InChI=1S/C15H24N2O/c1-4-16-15(11-17(2)13-8-9-13)12-6-5-7-14(10-12)18-3/h5-7,10,13,15-16H,4,8-9,11H2,1-3H3. The topological polar surface area (TPSA) is 24.5 Å². The number of nitrogens with zero attached hydrogens (tertiary/aromatic N) is 1. The number of benzene rings is 1. The van der Waals surface area contributed by atoms with Crippen molar-refractivity contribution >= 4 is 0 Å². The van der Waals surface area contributed by atoms with Crippen LogP contribution in [0.25, 0.3) is 0 Å². The summed E-state index contributed by atoms with van der Waals surface area (Å²) in [6.45, 7) is 4.20. The maximum absolute atomic E-state index is 5.31. The second kappa shape index (κ2) is 6.21. The summed E-state index contributed by atoms with van der Waals surface area (Å²) in [5.74, 6) is 0.935. The first kappa shape index (κ1) is 13.4. The summed E-state index contributed by atoms with van der Waals surface area (Å²) in [4.78, 5) is 2.47. The summed E-state index contributed by atoms with van der Waals surface area (Å²) in [5.41, 5.74) is 1.31. The van der Waals surface area contributed by atoms with E-state index in [1.807, 2.05) is 6.07 Å². The van der Waals surface area contributed by atoms with Gasteiger partial charge in [-0.1, -0.05) is 19.1 Å². The van der Waals surface area contributed by atoms with Crippen LogP contribution in [-0.4, -0.2) is 38.2 Å². The Morgan fingerprint density at radius 1 is 1.44 bits per heavy atom. The molecule has 18 heavy (non-hydrogen) atoms. The van der Waals surface area contributed by atoms with Gasteiger partial charge in [-0.05, 0) is 44.1 Å². The minimum absolute atomic E-state index is 0.385. The zero-order valence-corrected chi connectivity index (χ0v) is 11.6. The SMILES string of the molecule is CCNC(CN(C)C1CC1)c1cccc(OC)c1. The Bertz CT molecular complexity index is 377. The molecule has 1 aromatic carbocycles. The van der Waals surface area contributed by atoms with Crippen LogP contribution in [0.15, 0.2) is 24.3 Å². The highest BCUT2D eigenvalue weighted by Crippen LogP contribution is 2.28. The molecule has 0 amide bonds. The van der Waals surface area contributed by atoms with Gasteiger partial charge in [0.1, 0.15) is 5.75 Å². The predicted octanol–water partition coefficient (Wildman–Crippen LogP) is 2.44. The highest BCUT2D eigenvalue weighted by Gasteiger charge is 2.27. The van der Waals surface area contributed by atoms with Crippen LogP contribution in [0.4, 0.5) is 0 Å². The summed E-state index contributed by atoms with van der Waals surface area (Å²) in [7, 11) is 3.94. The Labute approximate surface area is 110 Å². The van der Waals surface area contributed by atoms with Crippen LogP contribution in [-0.2, 0) is 0 Å². The van der Waals surface area contributed by atoms with Gasteiger partial charge in [-0.3, -0.25) is 0 Å². The van der Waals surface area contributed by atoms with Gasteiger partial charge < -0.3 is 15.0 Å². The molecule has 3 nitrogen and oxygen atoms in total. The van der Waals surface area contributed by atoms with Crippen molar-refractivity contribution < 1.29 is 4.74 Å². The smallest absolute Gasteiger partial charge is 0.119 e. The van der Waals surface area contributed by atoms with E-state index in [0.717, 1.165) is 24.9 Å². The molecule has 0 spiro atoms. The van der Waals surface area contributed by atoms with Gasteiger partial charge in [-0.2, -0.15) is 0 Å². The van der Waals surface area contributed by atoms with Crippen molar-refractivity contribution in [2.24, 2.45) is 0 Å². The minimum atomic E-state index is 0.385. The molecule has 0 heterocycles. The zero-order chi connectivity index (χ0) is 13.0. The molecule has 100 valence electrons. The first-order chi connectivity index (χ1) is 8.74. The fourth-order valence-electron chi connectivity index (χ4n) is 2.34. The second-order valence-corrected chi connectivity index (χ2v) is 5.06. The van der Waals surface area contributed by atoms with E-state index in [2.05, 4.69) is 42.4 Å². The summed E-state index contributed by atoms with van der Waals surface area (Å²) < 4.78 is 5.31. The molecule has 1 aliphatic carbocycles. The van der Waals surface area contributed by atoms with E-state index in [1.165, 1.54) is 18.4 Å². The summed E-state index contributed by atoms with van der Waals surface area (Å²) >= 11 is 0. The lowest BCUT2D eigenvalue weighted by atomic mass is 10.1. The lowest BCUT2D eigenvalue weighted by molar-refractivity contribution is 0.283. The van der Waals surface area contributed by atoms with E-state index in [1.54, 1.807) is 7.11 Å². The van der Waals surface area contributed by atoms with Crippen LogP contribution >= 0.6 is 0 Å². The summed E-state index contributed by atoms with van der Waals surface area (Å²) in [6, 6.07) is 9.56. The van der Waals surface area contributed by atoms with Gasteiger partial charge in [0.05, 0.1) is 7.11 Å². The maximum Gasteiger partial charge on any atom is 0.119 e. The summed E-state index contributed by atoms with van der Waals surface area (Å²) in [6.07, 6.45) is 2.71. The molecular formula is C15H24N2O. The highest BCUT2D eigenvalue weighted by atomic mass is 16.5. The van der Waals surface area contributed by atoms with Gasteiger partial charge >= 0.3 is 0 Å². The molecule has 1 N–H and O–H groups in total. The van der Waals surface area contributed by atoms with Crippen LogP contribution in [0.5, 0.6) is 5.75 Å². The molecule has 0 saturated heterocycles. The van der Waals surface area contributed by atoms with E-state index < -0.39 is 0 Å². The molecular weight excluding hydrogens is 224 g/mol. The second-order valence-electron chi connectivity index (χ2n) is 5.06. The van der Waals surface area contributed by atoms with E-state index >= 15 is 0 Å². The molecule has 0 bridgehead atoms. The molecule has 1 aromatic rings. The molecule has 0 radical (unpaired) electrons. The molecule has 0 aromatic heterocycles. The maximum atomic E-state index is 5.31. The highest BCUT2D eigenvalue weighted by molar-refractivity contribution is 5.30. The first-order valence-electron chi connectivity index (χ1n) is 6.82. The zero-order valence-electron chi connectivity index (χ0n) is 11.6. The monoisotopic (exact) mass is 248 g/mol. The largest absolute Gasteiger partial charge is 0.497 e. The van der Waals surface area contributed by atoms with Crippen molar-refractivity contribution in [1.29, 1.82) is 0 Å². The van der Waals surface area contributed by atoms with Crippen LogP contribution in [0.2, 0.25) is 0 Å². The summed E-state index contributed by atoms with van der Waals surface area (Å²) in [5, 5.41) is 3.57. The van der Waals surface area contributed by atoms with Crippen LogP contribution in [0.1, 0.15) is 31.4 Å². The van der Waals surface area contributed by atoms with Gasteiger partial charge in [-0.15, -0.1) is 0 Å². The minimum Gasteiger partial charge on any atom is -0.497 e. The Balaban J connectivity index is 2.06. The normalized spacial score (nSPS) is 16.9. The van der Waals surface area contributed by atoms with Gasteiger partial charge in [0.15, 0.2) is 0 Å². The molecule has 1 aliphatic rings. The molecule has 1 fully saturated rings. The number of hydrogen-bond acceptors (Lipinski definition) is 3. The van der Waals surface area contributed by atoms with Crippen molar-refractivity contribution in [3.05, 3.63) is 29.8 Å². The molecule has 1 atom stereocenters. The Morgan fingerprint density at radius 3 is 2.83 bits per heavy atom. The van der Waals surface area contributed by atoms with Gasteiger partial charge in [0.2, 0.25) is 0 Å². The molecule has 0 aliphatic heterocycles. The van der Waals surface area contributed by atoms with E-state index in [4.69, 9.17) is 4.74 Å². The Morgan fingerprint density at radius 2 is 2.22 bits per heavy atom. The average molecular weight is 248 g/mol. The van der Waals surface area contributed by atoms with E-state index in [9.17, 15) is 0 Å². The number of ether oxygens (including phenoxy) is 1. The van der Waals surface area contributed by atoms with E-state index in [-0.39, 0.29) is 0 Å².